The van der Waals surface area contributed by atoms with Crippen LogP contribution in [0.5, 0.6) is 0 Å². The van der Waals surface area contributed by atoms with Crippen LogP contribution in [0.25, 0.3) is 10.9 Å². The molecule has 8 heteroatoms. The number of fused-ring (bicyclic) bond motifs is 1. The second-order valence-electron chi connectivity index (χ2n) is 7.86. The van der Waals surface area contributed by atoms with Crippen molar-refractivity contribution in [1.29, 1.82) is 0 Å². The maximum absolute atomic E-state index is 11.6. The standard InChI is InChI=1S/C21H33N5O2S/c1-4-22-21(25-14-17-8-11-26(12-9-17)29(3,27)28)23-10-7-18-15-24-20-13-16(2)5-6-19(18)20/h5-6,13,15,17,24H,4,7-12,14H2,1-3H3,(H2,22,23,25). The lowest BCUT2D eigenvalue weighted by atomic mass is 9.98. The summed E-state index contributed by atoms with van der Waals surface area (Å²) >= 11 is 0. The van der Waals surface area contributed by atoms with Gasteiger partial charge in [-0.3, -0.25) is 4.99 Å². The number of aryl methyl sites for hydroxylation is 1. The van der Waals surface area contributed by atoms with Gasteiger partial charge in [-0.05, 0) is 56.2 Å². The maximum atomic E-state index is 11.6. The first-order chi connectivity index (χ1) is 13.9. The first kappa shape index (κ1) is 21.6. The Kier molecular flexibility index (Phi) is 7.18. The summed E-state index contributed by atoms with van der Waals surface area (Å²) in [6.07, 6.45) is 6.02. The van der Waals surface area contributed by atoms with Crippen LogP contribution in [0.3, 0.4) is 0 Å². The molecule has 1 aliphatic rings. The minimum atomic E-state index is -3.07. The Morgan fingerprint density at radius 2 is 2.03 bits per heavy atom. The number of aromatic amines is 1. The molecular weight excluding hydrogens is 386 g/mol. The molecule has 2 aromatic rings. The summed E-state index contributed by atoms with van der Waals surface area (Å²) < 4.78 is 24.8. The van der Waals surface area contributed by atoms with Gasteiger partial charge in [0.05, 0.1) is 6.26 Å². The molecule has 7 nitrogen and oxygen atoms in total. The van der Waals surface area contributed by atoms with E-state index in [1.165, 1.54) is 28.3 Å². The van der Waals surface area contributed by atoms with E-state index in [0.29, 0.717) is 19.0 Å². The summed E-state index contributed by atoms with van der Waals surface area (Å²) in [5.74, 6) is 1.26. The van der Waals surface area contributed by atoms with Gasteiger partial charge < -0.3 is 15.6 Å². The molecule has 1 aromatic heterocycles. The van der Waals surface area contributed by atoms with Crippen LogP contribution in [-0.4, -0.2) is 62.6 Å². The van der Waals surface area contributed by atoms with Crippen LogP contribution in [0.2, 0.25) is 0 Å². The van der Waals surface area contributed by atoms with Gasteiger partial charge in [0.1, 0.15) is 0 Å². The molecular formula is C21H33N5O2S. The molecule has 1 saturated heterocycles. The summed E-state index contributed by atoms with van der Waals surface area (Å²) in [4.78, 5) is 8.09. The molecule has 1 aromatic carbocycles. The van der Waals surface area contributed by atoms with Gasteiger partial charge >= 0.3 is 0 Å². The molecule has 0 atom stereocenters. The van der Waals surface area contributed by atoms with Gasteiger partial charge in [-0.2, -0.15) is 0 Å². The lowest BCUT2D eigenvalue weighted by Crippen LogP contribution is -2.40. The molecule has 1 aliphatic heterocycles. The van der Waals surface area contributed by atoms with Crippen molar-refractivity contribution in [2.24, 2.45) is 10.9 Å². The first-order valence-electron chi connectivity index (χ1n) is 10.4. The summed E-state index contributed by atoms with van der Waals surface area (Å²) in [6, 6.07) is 6.50. The van der Waals surface area contributed by atoms with Crippen LogP contribution in [-0.2, 0) is 16.4 Å². The van der Waals surface area contributed by atoms with E-state index in [4.69, 9.17) is 4.99 Å². The smallest absolute Gasteiger partial charge is 0.211 e. The fraction of sp³-hybridized carbons (Fsp3) is 0.571. The largest absolute Gasteiger partial charge is 0.361 e. The number of nitrogens with one attached hydrogen (secondary N) is 3. The minimum Gasteiger partial charge on any atom is -0.361 e. The predicted octanol–water partition coefficient (Wildman–Crippen LogP) is 2.25. The lowest BCUT2D eigenvalue weighted by molar-refractivity contribution is 0.280. The summed E-state index contributed by atoms with van der Waals surface area (Å²) in [5, 5.41) is 8.01. The quantitative estimate of drug-likeness (QED) is 0.474. The fourth-order valence-corrected chi connectivity index (χ4v) is 4.68. The Bertz CT molecular complexity index is 943. The Balaban J connectivity index is 1.50. The molecule has 160 valence electrons. The van der Waals surface area contributed by atoms with Gasteiger partial charge in [-0.1, -0.05) is 12.1 Å². The molecule has 0 saturated carbocycles. The second-order valence-corrected chi connectivity index (χ2v) is 9.85. The third kappa shape index (κ3) is 5.96. The highest BCUT2D eigenvalue weighted by Gasteiger charge is 2.24. The van der Waals surface area contributed by atoms with Crippen molar-refractivity contribution in [3.05, 3.63) is 35.5 Å². The number of rotatable bonds is 7. The van der Waals surface area contributed by atoms with Crippen LogP contribution in [0.1, 0.15) is 30.9 Å². The van der Waals surface area contributed by atoms with Gasteiger partial charge in [0.2, 0.25) is 10.0 Å². The Morgan fingerprint density at radius 1 is 1.28 bits per heavy atom. The third-order valence-corrected chi connectivity index (χ3v) is 6.81. The Labute approximate surface area is 174 Å². The molecule has 29 heavy (non-hydrogen) atoms. The topological polar surface area (TPSA) is 89.6 Å². The zero-order valence-corrected chi connectivity index (χ0v) is 18.5. The molecule has 0 radical (unpaired) electrons. The summed E-state index contributed by atoms with van der Waals surface area (Å²) in [5.41, 5.74) is 3.74. The predicted molar refractivity (Wildman–Crippen MR) is 120 cm³/mol. The molecule has 3 N–H and O–H groups in total. The summed E-state index contributed by atoms with van der Waals surface area (Å²) in [7, 11) is -3.07. The number of piperidine rings is 1. The second kappa shape index (κ2) is 9.63. The zero-order chi connectivity index (χ0) is 20.9. The van der Waals surface area contributed by atoms with Crippen LogP contribution >= 0.6 is 0 Å². The Hall–Kier alpha value is -2.06. The van der Waals surface area contributed by atoms with Gasteiger partial charge in [0.25, 0.3) is 0 Å². The van der Waals surface area contributed by atoms with Crippen molar-refractivity contribution < 1.29 is 8.42 Å². The number of guanidine groups is 1. The summed E-state index contributed by atoms with van der Waals surface area (Å²) in [6.45, 7) is 7.70. The van der Waals surface area contributed by atoms with Crippen LogP contribution in [0.4, 0.5) is 0 Å². The van der Waals surface area contributed by atoms with E-state index in [2.05, 4.69) is 53.9 Å². The normalized spacial score (nSPS) is 17.0. The number of H-pyrrole nitrogens is 1. The van der Waals surface area contributed by atoms with Crippen molar-refractivity contribution in [1.82, 2.24) is 19.9 Å². The average molecular weight is 420 g/mol. The van der Waals surface area contributed by atoms with Crippen molar-refractivity contribution in [2.75, 3.05) is 39.0 Å². The minimum absolute atomic E-state index is 0.431. The molecule has 0 aliphatic carbocycles. The highest BCUT2D eigenvalue weighted by atomic mass is 32.2. The third-order valence-electron chi connectivity index (χ3n) is 5.50. The van der Waals surface area contributed by atoms with E-state index in [-0.39, 0.29) is 0 Å². The monoisotopic (exact) mass is 419 g/mol. The van der Waals surface area contributed by atoms with E-state index in [0.717, 1.165) is 44.9 Å². The number of sulfonamides is 1. The number of nitrogens with zero attached hydrogens (tertiary/aromatic N) is 2. The average Bonchev–Trinajstić information content (AvgIpc) is 3.07. The van der Waals surface area contributed by atoms with Crippen molar-refractivity contribution in [2.45, 2.75) is 33.1 Å². The van der Waals surface area contributed by atoms with E-state index < -0.39 is 10.0 Å². The molecule has 1 fully saturated rings. The Morgan fingerprint density at radius 3 is 2.72 bits per heavy atom. The van der Waals surface area contributed by atoms with Gasteiger partial charge in [-0.25, -0.2) is 12.7 Å². The number of benzene rings is 1. The highest BCUT2D eigenvalue weighted by Crippen LogP contribution is 2.20. The molecule has 0 unspecified atom stereocenters. The number of hydrogen-bond donors (Lipinski definition) is 3. The van der Waals surface area contributed by atoms with E-state index in [1.54, 1.807) is 4.31 Å². The SMILES string of the molecule is CCNC(=NCC1CCN(S(C)(=O)=O)CC1)NCCc1c[nH]c2cc(C)ccc12. The van der Waals surface area contributed by atoms with Crippen molar-refractivity contribution in [3.63, 3.8) is 0 Å². The van der Waals surface area contributed by atoms with E-state index in [1.807, 2.05) is 0 Å². The molecule has 0 spiro atoms. The van der Waals surface area contributed by atoms with Crippen LogP contribution in [0.15, 0.2) is 29.4 Å². The molecule has 2 heterocycles. The molecule has 0 amide bonds. The van der Waals surface area contributed by atoms with Crippen molar-refractivity contribution >= 4 is 26.9 Å². The van der Waals surface area contributed by atoms with Crippen molar-refractivity contribution in [3.8, 4) is 0 Å². The fourth-order valence-electron chi connectivity index (χ4n) is 3.81. The van der Waals surface area contributed by atoms with Gasteiger partial charge in [-0.15, -0.1) is 0 Å². The number of hydrogen-bond acceptors (Lipinski definition) is 3. The van der Waals surface area contributed by atoms with Crippen LogP contribution < -0.4 is 10.6 Å². The lowest BCUT2D eigenvalue weighted by Gasteiger charge is -2.29. The van der Waals surface area contributed by atoms with Gasteiger partial charge in [0, 0.05) is 49.8 Å². The first-order valence-corrected chi connectivity index (χ1v) is 12.3. The van der Waals surface area contributed by atoms with E-state index in [9.17, 15) is 8.42 Å². The molecule has 0 bridgehead atoms. The van der Waals surface area contributed by atoms with Gasteiger partial charge in [0.15, 0.2) is 5.96 Å². The number of aliphatic imine (C=N–C) groups is 1. The zero-order valence-electron chi connectivity index (χ0n) is 17.7. The highest BCUT2D eigenvalue weighted by molar-refractivity contribution is 7.88. The molecule has 3 rings (SSSR count). The number of aromatic nitrogens is 1. The maximum Gasteiger partial charge on any atom is 0.211 e. The van der Waals surface area contributed by atoms with Crippen LogP contribution in [0, 0.1) is 12.8 Å². The van der Waals surface area contributed by atoms with E-state index >= 15 is 0 Å².